The lowest BCUT2D eigenvalue weighted by atomic mass is 9.72. The molecule has 1 aromatic rings. The molecule has 1 nitrogen and oxygen atoms in total. The minimum absolute atomic E-state index is 0.372. The van der Waals surface area contributed by atoms with Crippen LogP contribution in [-0.4, -0.2) is 13.0 Å². The van der Waals surface area contributed by atoms with Crippen molar-refractivity contribution >= 4 is 0 Å². The molecule has 0 radical (unpaired) electrons. The predicted octanol–water partition coefficient (Wildman–Crippen LogP) is 3.65. The minimum Gasteiger partial charge on any atom is -0.303 e. The highest BCUT2D eigenvalue weighted by atomic mass is 19.3. The van der Waals surface area contributed by atoms with Gasteiger partial charge in [0.05, 0.1) is 0 Å². The highest BCUT2D eigenvalue weighted by Crippen LogP contribution is 2.44. The molecular weight excluding hydrogens is 220 g/mol. The molecule has 0 aromatic heterocycles. The Morgan fingerprint density at radius 2 is 2.12 bits per heavy atom. The number of hydrogen-bond acceptors (Lipinski definition) is 1. The molecule has 1 aliphatic carbocycles. The van der Waals surface area contributed by atoms with Gasteiger partial charge in [-0.2, -0.15) is 0 Å². The summed E-state index contributed by atoms with van der Waals surface area (Å²) in [5.41, 5.74) is 0.716. The molecule has 2 unspecified atom stereocenters. The molecule has 17 heavy (non-hydrogen) atoms. The summed E-state index contributed by atoms with van der Waals surface area (Å²) in [6.45, 7) is 4.55. The number of halogens is 2. The van der Waals surface area contributed by atoms with Crippen molar-refractivity contribution in [2.45, 2.75) is 44.6 Å². The fourth-order valence-electron chi connectivity index (χ4n) is 2.87. The van der Waals surface area contributed by atoms with Crippen molar-refractivity contribution < 1.29 is 8.78 Å². The summed E-state index contributed by atoms with van der Waals surface area (Å²) in [4.78, 5) is 0. The van der Waals surface area contributed by atoms with E-state index in [0.29, 0.717) is 18.9 Å². The maximum absolute atomic E-state index is 13.5. The molecule has 0 aliphatic heterocycles. The van der Waals surface area contributed by atoms with E-state index in [1.165, 1.54) is 0 Å². The first-order valence-electron chi connectivity index (χ1n) is 6.24. The fourth-order valence-corrected chi connectivity index (χ4v) is 2.87. The van der Waals surface area contributed by atoms with Gasteiger partial charge in [-0.15, -0.1) is 0 Å². The van der Waals surface area contributed by atoms with Crippen molar-refractivity contribution in [1.82, 2.24) is 5.32 Å². The third kappa shape index (κ3) is 1.97. The third-order valence-corrected chi connectivity index (χ3v) is 3.81. The Balaban J connectivity index is 2.52. The Morgan fingerprint density at radius 1 is 1.41 bits per heavy atom. The quantitative estimate of drug-likeness (QED) is 0.849. The van der Waals surface area contributed by atoms with Gasteiger partial charge in [0.2, 0.25) is 0 Å². The molecule has 0 heterocycles. The van der Waals surface area contributed by atoms with E-state index in [1.54, 1.807) is 0 Å². The zero-order valence-electron chi connectivity index (χ0n) is 10.3. The van der Waals surface area contributed by atoms with Gasteiger partial charge in [-0.1, -0.05) is 38.1 Å². The summed E-state index contributed by atoms with van der Waals surface area (Å²) in [5.74, 6) is 0.372. The number of alkyl halides is 2. The van der Waals surface area contributed by atoms with Gasteiger partial charge in [0.1, 0.15) is 5.54 Å². The number of rotatable bonds is 3. The van der Waals surface area contributed by atoms with Crippen molar-refractivity contribution in [3.05, 3.63) is 35.4 Å². The van der Waals surface area contributed by atoms with Crippen LogP contribution in [0.2, 0.25) is 0 Å². The minimum atomic E-state index is -2.36. The van der Waals surface area contributed by atoms with Gasteiger partial charge in [-0.05, 0) is 36.4 Å². The highest BCUT2D eigenvalue weighted by Gasteiger charge is 2.45. The van der Waals surface area contributed by atoms with Crippen LogP contribution in [0.5, 0.6) is 0 Å². The largest absolute Gasteiger partial charge is 0.303 e. The van der Waals surface area contributed by atoms with Gasteiger partial charge in [0, 0.05) is 0 Å². The van der Waals surface area contributed by atoms with Crippen LogP contribution in [0.15, 0.2) is 24.3 Å². The van der Waals surface area contributed by atoms with Gasteiger partial charge in [-0.25, -0.2) is 8.78 Å². The first-order chi connectivity index (χ1) is 8.12. The van der Waals surface area contributed by atoms with Gasteiger partial charge in [-0.3, -0.25) is 0 Å². The van der Waals surface area contributed by atoms with E-state index in [9.17, 15) is 8.78 Å². The zero-order valence-corrected chi connectivity index (χ0v) is 10.3. The Bertz CT molecular complexity index is 392. The van der Waals surface area contributed by atoms with Crippen molar-refractivity contribution in [3.63, 3.8) is 0 Å². The van der Waals surface area contributed by atoms with E-state index in [4.69, 9.17) is 0 Å². The smallest absolute Gasteiger partial charge is 0.260 e. The van der Waals surface area contributed by atoms with Gasteiger partial charge in [0.25, 0.3) is 6.43 Å². The molecule has 0 amide bonds. The first kappa shape index (κ1) is 12.5. The van der Waals surface area contributed by atoms with Crippen LogP contribution in [0.3, 0.4) is 0 Å². The van der Waals surface area contributed by atoms with E-state index in [1.807, 2.05) is 31.2 Å². The van der Waals surface area contributed by atoms with Crippen LogP contribution in [0.25, 0.3) is 0 Å². The van der Waals surface area contributed by atoms with Crippen LogP contribution in [-0.2, 0) is 5.54 Å². The van der Waals surface area contributed by atoms with E-state index in [0.717, 1.165) is 17.5 Å². The predicted molar refractivity (Wildman–Crippen MR) is 65.4 cm³/mol. The Morgan fingerprint density at radius 3 is 2.76 bits per heavy atom. The average molecular weight is 239 g/mol. The number of fused-ring (bicyclic) bond motifs is 1. The van der Waals surface area contributed by atoms with Crippen molar-refractivity contribution in [2.75, 3.05) is 6.54 Å². The molecule has 1 aromatic carbocycles. The van der Waals surface area contributed by atoms with Gasteiger partial charge in [0.15, 0.2) is 0 Å². The molecule has 3 heteroatoms. The Labute approximate surface area is 101 Å². The number of hydrogen-bond donors (Lipinski definition) is 1. The summed E-state index contributed by atoms with van der Waals surface area (Å²) in [5, 5.41) is 3.02. The first-order valence-corrected chi connectivity index (χ1v) is 6.24. The summed E-state index contributed by atoms with van der Waals surface area (Å²) >= 11 is 0. The molecule has 94 valence electrons. The fraction of sp³-hybridized carbons (Fsp3) is 0.571. The summed E-state index contributed by atoms with van der Waals surface area (Å²) in [6.07, 6.45) is -1.04. The third-order valence-electron chi connectivity index (χ3n) is 3.81. The molecule has 1 aliphatic rings. The molecule has 2 rings (SSSR count). The van der Waals surface area contributed by atoms with Crippen molar-refractivity contribution in [3.8, 4) is 0 Å². The molecule has 0 saturated heterocycles. The van der Waals surface area contributed by atoms with E-state index < -0.39 is 12.0 Å². The lowest BCUT2D eigenvalue weighted by Crippen LogP contribution is -2.50. The van der Waals surface area contributed by atoms with Crippen LogP contribution in [0.1, 0.15) is 43.7 Å². The lowest BCUT2D eigenvalue weighted by molar-refractivity contribution is 0.0152. The van der Waals surface area contributed by atoms with Crippen LogP contribution in [0, 0.1) is 0 Å². The normalized spacial score (nSPS) is 28.2. The topological polar surface area (TPSA) is 12.0 Å². The van der Waals surface area contributed by atoms with Crippen molar-refractivity contribution in [2.24, 2.45) is 0 Å². The summed E-state index contributed by atoms with van der Waals surface area (Å²) in [6, 6.07) is 7.61. The highest BCUT2D eigenvalue weighted by molar-refractivity contribution is 5.39. The SMILES string of the molecule is CCNC1(C(F)F)CCC(C)c2ccccc21. The van der Waals surface area contributed by atoms with E-state index in [-0.39, 0.29) is 0 Å². The maximum atomic E-state index is 13.5. The molecule has 0 bridgehead atoms. The molecule has 0 spiro atoms. The zero-order chi connectivity index (χ0) is 12.5. The second-order valence-electron chi connectivity index (χ2n) is 4.83. The number of benzene rings is 1. The van der Waals surface area contributed by atoms with Crippen LogP contribution in [0.4, 0.5) is 8.78 Å². The molecular formula is C14H19F2N. The standard InChI is InChI=1S/C14H19F2N/c1-3-17-14(13(15)16)9-8-10(2)11-6-4-5-7-12(11)14/h4-7,10,13,17H,3,8-9H2,1-2H3. The summed E-state index contributed by atoms with van der Waals surface area (Å²) < 4.78 is 27.0. The molecule has 0 fully saturated rings. The molecule has 2 atom stereocenters. The maximum Gasteiger partial charge on any atom is 0.260 e. The van der Waals surface area contributed by atoms with Gasteiger partial charge >= 0.3 is 0 Å². The second-order valence-corrected chi connectivity index (χ2v) is 4.83. The summed E-state index contributed by atoms with van der Waals surface area (Å²) in [7, 11) is 0. The average Bonchev–Trinajstić information content (AvgIpc) is 2.33. The van der Waals surface area contributed by atoms with E-state index in [2.05, 4.69) is 12.2 Å². The van der Waals surface area contributed by atoms with Crippen LogP contribution >= 0.6 is 0 Å². The molecule has 1 N–H and O–H groups in total. The Kier molecular flexibility index (Phi) is 3.48. The number of nitrogens with one attached hydrogen (secondary N) is 1. The van der Waals surface area contributed by atoms with E-state index >= 15 is 0 Å². The monoisotopic (exact) mass is 239 g/mol. The second kappa shape index (κ2) is 4.73. The van der Waals surface area contributed by atoms with Crippen molar-refractivity contribution in [1.29, 1.82) is 0 Å². The van der Waals surface area contributed by atoms with Crippen LogP contribution < -0.4 is 5.32 Å². The lowest BCUT2D eigenvalue weighted by Gasteiger charge is -2.41. The Hall–Kier alpha value is -0.960. The molecule has 0 saturated carbocycles. The van der Waals surface area contributed by atoms with Gasteiger partial charge < -0.3 is 5.32 Å².